The summed E-state index contributed by atoms with van der Waals surface area (Å²) in [6.45, 7) is 17.1. The van der Waals surface area contributed by atoms with E-state index in [-0.39, 0.29) is 26.4 Å². The molecule has 1 atom stereocenters. The first kappa shape index (κ1) is 25.5. The Balaban J connectivity index is 2.31. The summed E-state index contributed by atoms with van der Waals surface area (Å²) in [5, 5.41) is 2.50. The average molecular weight is 420 g/mol. The lowest BCUT2D eigenvalue weighted by atomic mass is 9.74. The minimum absolute atomic E-state index is 0.0660. The molecule has 168 valence electrons. The second-order valence-corrected chi connectivity index (χ2v) is 8.25. The Morgan fingerprint density at radius 2 is 1.53 bits per heavy atom. The molecule has 0 heterocycles. The van der Waals surface area contributed by atoms with Crippen LogP contribution in [0.4, 0.5) is 4.79 Å². The van der Waals surface area contributed by atoms with Crippen molar-refractivity contribution >= 4 is 12.1 Å². The summed E-state index contributed by atoms with van der Waals surface area (Å²) in [5.74, 6) is 2.60. The van der Waals surface area contributed by atoms with E-state index in [0.29, 0.717) is 29.2 Å². The molecule has 0 aliphatic carbocycles. The fourth-order valence-electron chi connectivity index (χ4n) is 3.78. The van der Waals surface area contributed by atoms with Crippen molar-refractivity contribution < 1.29 is 23.8 Å². The van der Waals surface area contributed by atoms with Crippen LogP contribution in [0.15, 0.2) is 36.4 Å². The molecule has 6 nitrogen and oxygen atoms in total. The zero-order chi connectivity index (χ0) is 22.7. The summed E-state index contributed by atoms with van der Waals surface area (Å²) >= 11 is 0. The summed E-state index contributed by atoms with van der Waals surface area (Å²) in [7, 11) is 0. The summed E-state index contributed by atoms with van der Waals surface area (Å²) in [6, 6.07) is 8.13. The molecular weight excluding hydrogens is 382 g/mol. The molecule has 1 rings (SSSR count). The standard InChI is InChI=1S/C24H37NO5/c1-16(2)22(17(3)4)19(7)20-8-10-21(11-9-20)28-14-15-30-24(27)25-12-13-29-23(26)18(5)6/h8-11,16-17,19,22H,5,12-15H2,1-4,6-7H3,(H,25,27). The van der Waals surface area contributed by atoms with Crippen molar-refractivity contribution in [3.05, 3.63) is 42.0 Å². The van der Waals surface area contributed by atoms with Gasteiger partial charge in [0.05, 0.1) is 6.54 Å². The minimum Gasteiger partial charge on any atom is -0.490 e. The number of esters is 1. The molecule has 1 aromatic carbocycles. The molecule has 0 aromatic heterocycles. The fraction of sp³-hybridized carbons (Fsp3) is 0.583. The summed E-state index contributed by atoms with van der Waals surface area (Å²) < 4.78 is 15.5. The highest BCUT2D eigenvalue weighted by atomic mass is 16.6. The largest absolute Gasteiger partial charge is 0.490 e. The van der Waals surface area contributed by atoms with Gasteiger partial charge in [-0.3, -0.25) is 0 Å². The van der Waals surface area contributed by atoms with Gasteiger partial charge in [0.2, 0.25) is 0 Å². The molecule has 0 saturated heterocycles. The van der Waals surface area contributed by atoms with E-state index in [1.165, 1.54) is 5.56 Å². The number of nitrogens with one attached hydrogen (secondary N) is 1. The van der Waals surface area contributed by atoms with Crippen LogP contribution >= 0.6 is 0 Å². The summed E-state index contributed by atoms with van der Waals surface area (Å²) in [4.78, 5) is 22.8. The van der Waals surface area contributed by atoms with Gasteiger partial charge < -0.3 is 19.5 Å². The number of carbonyl (C=O) groups excluding carboxylic acids is 2. The quantitative estimate of drug-likeness (QED) is 0.295. The third kappa shape index (κ3) is 8.89. The maximum Gasteiger partial charge on any atom is 0.407 e. The molecule has 6 heteroatoms. The van der Waals surface area contributed by atoms with E-state index >= 15 is 0 Å². The molecule has 0 aliphatic heterocycles. The van der Waals surface area contributed by atoms with E-state index in [4.69, 9.17) is 14.2 Å². The number of alkyl carbamates (subject to hydrolysis) is 1. The van der Waals surface area contributed by atoms with Gasteiger partial charge in [0.1, 0.15) is 25.6 Å². The van der Waals surface area contributed by atoms with Gasteiger partial charge in [-0.05, 0) is 48.3 Å². The molecule has 0 spiro atoms. The van der Waals surface area contributed by atoms with Crippen LogP contribution < -0.4 is 10.1 Å². The highest BCUT2D eigenvalue weighted by Gasteiger charge is 2.25. The van der Waals surface area contributed by atoms with Gasteiger partial charge in [0, 0.05) is 5.57 Å². The third-order valence-electron chi connectivity index (χ3n) is 5.06. The Morgan fingerprint density at radius 1 is 0.933 bits per heavy atom. The molecule has 0 saturated carbocycles. The van der Waals surface area contributed by atoms with Gasteiger partial charge in [-0.25, -0.2) is 9.59 Å². The number of amides is 1. The highest BCUT2D eigenvalue weighted by molar-refractivity contribution is 5.86. The SMILES string of the molecule is C=C(C)C(=O)OCCNC(=O)OCCOc1ccc(C(C)C(C(C)C)C(C)C)cc1. The number of hydrogen-bond acceptors (Lipinski definition) is 5. The van der Waals surface area contributed by atoms with Gasteiger partial charge in [-0.2, -0.15) is 0 Å². The number of rotatable bonds is 12. The smallest absolute Gasteiger partial charge is 0.407 e. The van der Waals surface area contributed by atoms with Gasteiger partial charge in [-0.15, -0.1) is 0 Å². The first-order valence-corrected chi connectivity index (χ1v) is 10.6. The lowest BCUT2D eigenvalue weighted by Crippen LogP contribution is -2.29. The maximum atomic E-state index is 11.6. The molecule has 1 aromatic rings. The predicted molar refractivity (Wildman–Crippen MR) is 119 cm³/mol. The predicted octanol–water partition coefficient (Wildman–Crippen LogP) is 4.94. The van der Waals surface area contributed by atoms with Crippen molar-refractivity contribution in [2.24, 2.45) is 17.8 Å². The second kappa shape index (κ2) is 12.9. The number of hydrogen-bond donors (Lipinski definition) is 1. The molecule has 1 N–H and O–H groups in total. The Bertz CT molecular complexity index is 673. The minimum atomic E-state index is -0.581. The van der Waals surface area contributed by atoms with Crippen molar-refractivity contribution in [3.63, 3.8) is 0 Å². The zero-order valence-electron chi connectivity index (χ0n) is 19.2. The third-order valence-corrected chi connectivity index (χ3v) is 5.06. The van der Waals surface area contributed by atoms with Crippen LogP contribution in [0.2, 0.25) is 0 Å². The van der Waals surface area contributed by atoms with Crippen LogP contribution in [0.25, 0.3) is 0 Å². The van der Waals surface area contributed by atoms with Gasteiger partial charge in [0.25, 0.3) is 0 Å². The topological polar surface area (TPSA) is 73.9 Å². The second-order valence-electron chi connectivity index (χ2n) is 8.25. The van der Waals surface area contributed by atoms with Crippen LogP contribution in [0, 0.1) is 17.8 Å². The Morgan fingerprint density at radius 3 is 2.07 bits per heavy atom. The van der Waals surface area contributed by atoms with Crippen molar-refractivity contribution in [2.75, 3.05) is 26.4 Å². The van der Waals surface area contributed by atoms with Crippen molar-refractivity contribution in [1.29, 1.82) is 0 Å². The van der Waals surface area contributed by atoms with Crippen LogP contribution in [0.5, 0.6) is 5.75 Å². The van der Waals surface area contributed by atoms with Gasteiger partial charge >= 0.3 is 12.1 Å². The number of carbonyl (C=O) groups is 2. The molecular formula is C24H37NO5. The molecule has 30 heavy (non-hydrogen) atoms. The first-order chi connectivity index (χ1) is 14.1. The zero-order valence-corrected chi connectivity index (χ0v) is 19.2. The molecule has 1 amide bonds. The molecule has 0 fully saturated rings. The lowest BCUT2D eigenvalue weighted by Gasteiger charge is -2.31. The maximum absolute atomic E-state index is 11.6. The summed E-state index contributed by atoms with van der Waals surface area (Å²) in [6.07, 6.45) is -0.581. The van der Waals surface area contributed by atoms with Gasteiger partial charge in [-0.1, -0.05) is 53.3 Å². The first-order valence-electron chi connectivity index (χ1n) is 10.6. The van der Waals surface area contributed by atoms with E-state index < -0.39 is 12.1 Å². The lowest BCUT2D eigenvalue weighted by molar-refractivity contribution is -0.138. The molecule has 0 bridgehead atoms. The average Bonchev–Trinajstić information content (AvgIpc) is 2.68. The number of ether oxygens (including phenoxy) is 3. The Kier molecular flexibility index (Phi) is 11.0. The van der Waals surface area contributed by atoms with E-state index in [1.807, 2.05) is 12.1 Å². The van der Waals surface area contributed by atoms with Crippen molar-refractivity contribution in [2.45, 2.75) is 47.5 Å². The number of benzene rings is 1. The van der Waals surface area contributed by atoms with Crippen molar-refractivity contribution in [1.82, 2.24) is 5.32 Å². The molecule has 0 radical (unpaired) electrons. The summed E-state index contributed by atoms with van der Waals surface area (Å²) in [5.41, 5.74) is 1.62. The van der Waals surface area contributed by atoms with Crippen LogP contribution in [-0.2, 0) is 14.3 Å². The van der Waals surface area contributed by atoms with Gasteiger partial charge in [0.15, 0.2) is 0 Å². The fourth-order valence-corrected chi connectivity index (χ4v) is 3.78. The van der Waals surface area contributed by atoms with E-state index in [0.717, 1.165) is 5.75 Å². The Labute approximate surface area is 181 Å². The molecule has 1 unspecified atom stereocenters. The monoisotopic (exact) mass is 419 g/mol. The van der Waals surface area contributed by atoms with Crippen molar-refractivity contribution in [3.8, 4) is 5.75 Å². The van der Waals surface area contributed by atoms with Crippen LogP contribution in [0.1, 0.15) is 53.0 Å². The van der Waals surface area contributed by atoms with E-state index in [9.17, 15) is 9.59 Å². The highest BCUT2D eigenvalue weighted by Crippen LogP contribution is 2.35. The normalized spacial score (nSPS) is 12.0. The molecule has 0 aliphatic rings. The van der Waals surface area contributed by atoms with E-state index in [1.54, 1.807) is 6.92 Å². The Hall–Kier alpha value is -2.50. The van der Waals surface area contributed by atoms with Crippen LogP contribution in [-0.4, -0.2) is 38.4 Å². The van der Waals surface area contributed by atoms with Crippen LogP contribution in [0.3, 0.4) is 0 Å². The van der Waals surface area contributed by atoms with E-state index in [2.05, 4.69) is 58.6 Å².